The predicted octanol–water partition coefficient (Wildman–Crippen LogP) is 4.23. The van der Waals surface area contributed by atoms with Crippen LogP contribution in [0.4, 0.5) is 22.2 Å². The third-order valence-electron chi connectivity index (χ3n) is 10.3. The van der Waals surface area contributed by atoms with Gasteiger partial charge in [-0.25, -0.2) is 9.78 Å². The highest BCUT2D eigenvalue weighted by atomic mass is 16.6. The number of alkyl carbamates (subject to hydrolysis) is 1. The molecule has 368 valence electrons. The molecule has 4 amide bonds. The summed E-state index contributed by atoms with van der Waals surface area (Å²) in [7, 11) is 1.66. The molecule has 4 rings (SSSR count). The quantitative estimate of drug-likeness (QED) is 0.0329. The van der Waals surface area contributed by atoms with Crippen LogP contribution < -0.4 is 43.2 Å². The number of unbranched alkanes of at least 4 members (excludes halogenated alkanes) is 2. The van der Waals surface area contributed by atoms with Crippen LogP contribution in [0.25, 0.3) is 11.0 Å². The van der Waals surface area contributed by atoms with Gasteiger partial charge < -0.3 is 71.5 Å². The molecule has 2 aromatic carbocycles. The molecule has 0 saturated carbocycles. The molecule has 0 spiro atoms. The average molecular weight is 935 g/mol. The minimum atomic E-state index is -1.01. The second kappa shape index (κ2) is 29.6. The standard InChI is InChI=1S/C47H70N10O10/c1-5-6-7-17-51-43-42-38(55-46(50)56-43)16-19-57(42)29-35-11-8-34(28-40(35)62-4)30-66-26-25-65-24-23-64-22-21-63-20-18-52-47(61)67-31-33-9-12-36(13-10-33)53-45(60)39(14-15-41(49)58)54-44(59)37(48)27-32(2)3/h8-13,16,19,28,32,37,39H,5-7,14-15,17-18,20-27,29-31,48H2,1-4H3,(H2,49,58)(H,52,61)(H,53,60)(H,54,59)(H3,50,51,55,56)/t37-,39-/m0/s1. The molecule has 0 radical (unpaired) electrons. The summed E-state index contributed by atoms with van der Waals surface area (Å²) >= 11 is 0. The zero-order chi connectivity index (χ0) is 48.4. The first kappa shape index (κ1) is 53.6. The fraction of sp³-hybridized carbons (Fsp3) is 0.532. The summed E-state index contributed by atoms with van der Waals surface area (Å²) in [5, 5.41) is 11.4. The van der Waals surface area contributed by atoms with Crippen molar-refractivity contribution in [1.82, 2.24) is 25.2 Å². The highest BCUT2D eigenvalue weighted by molar-refractivity contribution is 5.98. The predicted molar refractivity (Wildman–Crippen MR) is 255 cm³/mol. The number of carbonyl (C=O) groups is 4. The first-order valence-electron chi connectivity index (χ1n) is 22.8. The lowest BCUT2D eigenvalue weighted by atomic mass is 10.0. The second-order valence-corrected chi connectivity index (χ2v) is 16.3. The lowest BCUT2D eigenvalue weighted by Gasteiger charge is -2.21. The summed E-state index contributed by atoms with van der Waals surface area (Å²) in [6, 6.07) is 12.8. The van der Waals surface area contributed by atoms with Crippen LogP contribution in [-0.2, 0) is 57.8 Å². The normalized spacial score (nSPS) is 12.1. The number of nitrogens with zero attached hydrogens (tertiary/aromatic N) is 3. The van der Waals surface area contributed by atoms with E-state index in [0.29, 0.717) is 70.5 Å². The summed E-state index contributed by atoms with van der Waals surface area (Å²) in [4.78, 5) is 58.0. The molecular weight excluding hydrogens is 865 g/mol. The molecule has 2 atom stereocenters. The number of primary amides is 1. The lowest BCUT2D eigenvalue weighted by Crippen LogP contribution is -2.50. The van der Waals surface area contributed by atoms with E-state index in [4.69, 9.17) is 45.6 Å². The van der Waals surface area contributed by atoms with E-state index in [0.717, 1.165) is 59.5 Å². The van der Waals surface area contributed by atoms with Gasteiger partial charge in [0.05, 0.1) is 78.1 Å². The SMILES string of the molecule is CCCCCNc1nc(N)nc2ccn(Cc3ccc(COCCOCCOCCOCCNC(=O)OCc4ccc(NC(=O)[C@H](CCC(N)=O)NC(=O)[C@@H](N)CC(C)C)cc4)cc3OC)c12. The Hall–Kier alpha value is -6.06. The molecule has 0 aliphatic heterocycles. The van der Waals surface area contributed by atoms with Gasteiger partial charge in [0.2, 0.25) is 23.7 Å². The molecule has 2 heterocycles. The van der Waals surface area contributed by atoms with Crippen LogP contribution in [0.15, 0.2) is 54.7 Å². The van der Waals surface area contributed by atoms with Gasteiger partial charge in [-0.2, -0.15) is 4.98 Å². The number of amides is 4. The Labute approximate surface area is 392 Å². The van der Waals surface area contributed by atoms with Gasteiger partial charge in [-0.05, 0) is 60.6 Å². The zero-order valence-corrected chi connectivity index (χ0v) is 39.3. The number of carbonyl (C=O) groups excluding carboxylic acids is 4. The number of aromatic nitrogens is 3. The van der Waals surface area contributed by atoms with E-state index >= 15 is 0 Å². The number of ether oxygens (including phenoxy) is 6. The van der Waals surface area contributed by atoms with Crippen molar-refractivity contribution < 1.29 is 47.6 Å². The molecule has 2 aromatic heterocycles. The highest BCUT2D eigenvalue weighted by Gasteiger charge is 2.25. The third kappa shape index (κ3) is 19.7. The van der Waals surface area contributed by atoms with Gasteiger partial charge in [0, 0.05) is 37.0 Å². The van der Waals surface area contributed by atoms with Crippen LogP contribution in [0.3, 0.4) is 0 Å². The van der Waals surface area contributed by atoms with Gasteiger partial charge in [-0.15, -0.1) is 0 Å². The maximum Gasteiger partial charge on any atom is 0.407 e. The van der Waals surface area contributed by atoms with Crippen molar-refractivity contribution in [3.63, 3.8) is 0 Å². The third-order valence-corrected chi connectivity index (χ3v) is 10.3. The Morgan fingerprint density at radius 2 is 1.49 bits per heavy atom. The van der Waals surface area contributed by atoms with E-state index in [9.17, 15) is 19.2 Å². The summed E-state index contributed by atoms with van der Waals surface area (Å²) in [5.41, 5.74) is 22.0. The Morgan fingerprint density at radius 3 is 2.16 bits per heavy atom. The Morgan fingerprint density at radius 1 is 0.806 bits per heavy atom. The molecule has 0 aliphatic carbocycles. The monoisotopic (exact) mass is 935 g/mol. The molecule has 0 bridgehead atoms. The number of methoxy groups -OCH3 is 1. The van der Waals surface area contributed by atoms with E-state index in [-0.39, 0.29) is 44.5 Å². The van der Waals surface area contributed by atoms with Crippen molar-refractivity contribution >= 4 is 52.3 Å². The summed E-state index contributed by atoms with van der Waals surface area (Å²) < 4.78 is 35.7. The molecule has 0 unspecified atom stereocenters. The van der Waals surface area contributed by atoms with Crippen LogP contribution in [0, 0.1) is 5.92 Å². The van der Waals surface area contributed by atoms with Crippen molar-refractivity contribution in [1.29, 1.82) is 0 Å². The maximum atomic E-state index is 13.0. The number of fused-ring (bicyclic) bond motifs is 1. The lowest BCUT2D eigenvalue weighted by molar-refractivity contribution is -0.128. The van der Waals surface area contributed by atoms with Gasteiger partial charge in [0.15, 0.2) is 5.82 Å². The number of hydrogen-bond acceptors (Lipinski definition) is 15. The summed E-state index contributed by atoms with van der Waals surface area (Å²) in [6.07, 6.45) is 5.07. The smallest absolute Gasteiger partial charge is 0.407 e. The second-order valence-electron chi connectivity index (χ2n) is 16.3. The van der Waals surface area contributed by atoms with Crippen molar-refractivity contribution in [2.24, 2.45) is 17.4 Å². The van der Waals surface area contributed by atoms with Crippen LogP contribution in [0.5, 0.6) is 5.75 Å². The fourth-order valence-electron chi connectivity index (χ4n) is 6.79. The van der Waals surface area contributed by atoms with Crippen LogP contribution >= 0.6 is 0 Å². The van der Waals surface area contributed by atoms with Gasteiger partial charge in [-0.3, -0.25) is 14.4 Å². The van der Waals surface area contributed by atoms with Crippen molar-refractivity contribution in [2.45, 2.75) is 91.1 Å². The molecular formula is C47H70N10O10. The molecule has 4 aromatic rings. The molecule has 20 heteroatoms. The Bertz CT molecular complexity index is 2140. The molecule has 10 N–H and O–H groups in total. The summed E-state index contributed by atoms with van der Waals surface area (Å²) in [6.45, 7) is 10.7. The molecule has 0 saturated heterocycles. The Balaban J connectivity index is 1.02. The van der Waals surface area contributed by atoms with Gasteiger partial charge >= 0.3 is 6.09 Å². The fourth-order valence-corrected chi connectivity index (χ4v) is 6.79. The minimum absolute atomic E-state index is 0.00238. The maximum absolute atomic E-state index is 13.0. The Kier molecular flexibility index (Phi) is 23.6. The van der Waals surface area contributed by atoms with Crippen molar-refractivity contribution in [3.8, 4) is 5.75 Å². The van der Waals surface area contributed by atoms with Gasteiger partial charge in [-0.1, -0.05) is 57.9 Å². The van der Waals surface area contributed by atoms with E-state index in [2.05, 4.69) is 42.7 Å². The first-order chi connectivity index (χ1) is 32.4. The van der Waals surface area contributed by atoms with E-state index in [1.54, 1.807) is 31.4 Å². The van der Waals surface area contributed by atoms with E-state index in [1.807, 2.05) is 44.3 Å². The van der Waals surface area contributed by atoms with E-state index < -0.39 is 35.9 Å². The average Bonchev–Trinajstić information content (AvgIpc) is 3.70. The largest absolute Gasteiger partial charge is 0.496 e. The number of rotatable bonds is 33. The van der Waals surface area contributed by atoms with Crippen LogP contribution in [0.1, 0.15) is 76.0 Å². The van der Waals surface area contributed by atoms with Crippen LogP contribution in [0.2, 0.25) is 0 Å². The summed E-state index contributed by atoms with van der Waals surface area (Å²) in [5.74, 6) is 0.317. The number of nitrogens with two attached hydrogens (primary N) is 3. The first-order valence-corrected chi connectivity index (χ1v) is 22.8. The number of nitrogen functional groups attached to an aromatic ring is 1. The number of anilines is 3. The van der Waals surface area contributed by atoms with Crippen molar-refractivity contribution in [3.05, 3.63) is 71.4 Å². The van der Waals surface area contributed by atoms with E-state index in [1.165, 1.54) is 0 Å². The highest BCUT2D eigenvalue weighted by Crippen LogP contribution is 2.27. The molecule has 20 nitrogen and oxygen atoms in total. The molecule has 0 aliphatic rings. The number of nitrogens with one attached hydrogen (secondary N) is 4. The van der Waals surface area contributed by atoms with Gasteiger partial charge in [0.25, 0.3) is 0 Å². The molecule has 0 fully saturated rings. The number of benzene rings is 2. The zero-order valence-electron chi connectivity index (χ0n) is 39.3. The van der Waals surface area contributed by atoms with Gasteiger partial charge in [0.1, 0.15) is 23.9 Å². The van der Waals surface area contributed by atoms with Crippen molar-refractivity contribution in [2.75, 3.05) is 82.8 Å². The molecule has 67 heavy (non-hydrogen) atoms. The minimum Gasteiger partial charge on any atom is -0.496 e. The number of hydrogen-bond donors (Lipinski definition) is 7. The van der Waals surface area contributed by atoms with Crippen LogP contribution in [-0.4, -0.2) is 117 Å². The topological polar surface area (TPSA) is 281 Å².